The van der Waals surface area contributed by atoms with E-state index < -0.39 is 30.7 Å². The largest absolute Gasteiger partial charge is 0.335 e. The third-order valence-corrected chi connectivity index (χ3v) is 5.86. The van der Waals surface area contributed by atoms with Gasteiger partial charge < -0.3 is 0 Å². The predicted molar refractivity (Wildman–Crippen MR) is 63.9 cm³/mol. The van der Waals surface area contributed by atoms with Gasteiger partial charge >= 0.3 is 10.2 Å². The molecule has 1 aromatic rings. The molecule has 1 aliphatic rings. The van der Waals surface area contributed by atoms with Crippen molar-refractivity contribution in [3.63, 3.8) is 0 Å². The van der Waals surface area contributed by atoms with Gasteiger partial charge in [-0.1, -0.05) is 0 Å². The Morgan fingerprint density at radius 2 is 1.83 bits per heavy atom. The minimum absolute atomic E-state index is 0.0273. The van der Waals surface area contributed by atoms with Crippen LogP contribution in [0.4, 0.5) is 14.0 Å². The van der Waals surface area contributed by atoms with Gasteiger partial charge in [0, 0.05) is 11.5 Å². The van der Waals surface area contributed by atoms with E-state index in [1.54, 1.807) is 0 Å². The van der Waals surface area contributed by atoms with Gasteiger partial charge in [-0.3, -0.25) is 0 Å². The Kier molecular flexibility index (Phi) is 3.41. The molecule has 1 saturated heterocycles. The van der Waals surface area contributed by atoms with E-state index in [-0.39, 0.29) is 5.69 Å². The van der Waals surface area contributed by atoms with Crippen molar-refractivity contribution in [3.8, 4) is 0 Å². The highest BCUT2D eigenvalue weighted by Gasteiger charge is 2.20. The van der Waals surface area contributed by atoms with Crippen molar-refractivity contribution in [2.24, 2.45) is 4.36 Å². The molecule has 8 heteroatoms. The summed E-state index contributed by atoms with van der Waals surface area (Å²) in [6, 6.07) is 2.77. The van der Waals surface area contributed by atoms with Crippen LogP contribution in [0.2, 0.25) is 0 Å². The summed E-state index contributed by atoms with van der Waals surface area (Å²) in [7, 11) is -7.53. The van der Waals surface area contributed by atoms with Gasteiger partial charge in [0.15, 0.2) is 0 Å². The lowest BCUT2D eigenvalue weighted by molar-refractivity contribution is 0.533. The van der Waals surface area contributed by atoms with Crippen molar-refractivity contribution in [1.29, 1.82) is 0 Å². The van der Waals surface area contributed by atoms with E-state index in [1.165, 1.54) is 6.07 Å². The van der Waals surface area contributed by atoms with Gasteiger partial charge in [0.1, 0.15) is 10.7 Å². The molecule has 1 aromatic carbocycles. The fraction of sp³-hybridized carbons (Fsp3) is 0.400. The third-order valence-electron chi connectivity index (χ3n) is 2.63. The molecule has 0 spiro atoms. The fourth-order valence-corrected chi connectivity index (χ4v) is 4.53. The summed E-state index contributed by atoms with van der Waals surface area (Å²) in [4.78, 5) is -1.07. The number of benzene rings is 1. The average Bonchev–Trinajstić information content (AvgIpc) is 2.66. The van der Waals surface area contributed by atoms with Crippen LogP contribution in [0.3, 0.4) is 0 Å². The first kappa shape index (κ1) is 13.4. The monoisotopic (exact) mass is 295 g/mol. The lowest BCUT2D eigenvalue weighted by atomic mass is 10.3. The summed E-state index contributed by atoms with van der Waals surface area (Å²) >= 11 is 0. The van der Waals surface area contributed by atoms with Gasteiger partial charge in [-0.05, 0) is 31.0 Å². The molecule has 0 amide bonds. The van der Waals surface area contributed by atoms with E-state index in [0.29, 0.717) is 11.5 Å². The molecular formula is C10H11F2NO3S2. The number of hydrogen-bond donors (Lipinski definition) is 0. The van der Waals surface area contributed by atoms with Gasteiger partial charge in [0.05, 0.1) is 15.4 Å². The van der Waals surface area contributed by atoms with Gasteiger partial charge in [-0.15, -0.1) is 3.89 Å². The van der Waals surface area contributed by atoms with Crippen molar-refractivity contribution >= 4 is 25.6 Å². The standard InChI is InChI=1S/C10H11F2NO3S2/c11-9-4-3-8(7-10(9)18(12,15)16)13-17(14)5-1-2-6-17/h3-4,7H,1-2,5-6H2. The lowest BCUT2D eigenvalue weighted by Gasteiger charge is -2.02. The first-order chi connectivity index (χ1) is 8.30. The maximum Gasteiger partial charge on any atom is 0.335 e. The molecule has 4 nitrogen and oxygen atoms in total. The van der Waals surface area contributed by atoms with Crippen LogP contribution in [0.1, 0.15) is 12.8 Å². The molecule has 0 atom stereocenters. The van der Waals surface area contributed by atoms with Gasteiger partial charge in [-0.2, -0.15) is 12.8 Å². The number of hydrogen-bond acceptors (Lipinski definition) is 4. The molecule has 0 bridgehead atoms. The molecular weight excluding hydrogens is 284 g/mol. The van der Waals surface area contributed by atoms with Crippen LogP contribution >= 0.6 is 0 Å². The number of rotatable bonds is 2. The molecule has 1 aliphatic heterocycles. The Labute approximate surface area is 104 Å². The number of halogens is 2. The Hall–Kier alpha value is -1.02. The smallest absolute Gasteiger partial charge is 0.249 e. The minimum Gasteiger partial charge on any atom is -0.249 e. The molecule has 2 rings (SSSR count). The zero-order chi connectivity index (χ0) is 13.4. The molecule has 18 heavy (non-hydrogen) atoms. The van der Waals surface area contributed by atoms with Gasteiger partial charge in [-0.25, -0.2) is 8.60 Å². The van der Waals surface area contributed by atoms with E-state index in [2.05, 4.69) is 4.36 Å². The Bertz CT molecular complexity index is 679. The Balaban J connectivity index is 2.52. The molecule has 1 heterocycles. The van der Waals surface area contributed by atoms with E-state index in [4.69, 9.17) is 0 Å². The molecule has 0 radical (unpaired) electrons. The maximum atomic E-state index is 13.1. The van der Waals surface area contributed by atoms with Crippen molar-refractivity contribution < 1.29 is 20.9 Å². The predicted octanol–water partition coefficient (Wildman–Crippen LogP) is 2.38. The van der Waals surface area contributed by atoms with Crippen LogP contribution in [-0.2, 0) is 20.0 Å². The summed E-state index contributed by atoms with van der Waals surface area (Å²) in [5, 5.41) is 0. The Morgan fingerprint density at radius 1 is 1.22 bits per heavy atom. The average molecular weight is 295 g/mol. The van der Waals surface area contributed by atoms with Crippen LogP contribution in [0.5, 0.6) is 0 Å². The van der Waals surface area contributed by atoms with Crippen LogP contribution in [0.25, 0.3) is 0 Å². The topological polar surface area (TPSA) is 63.6 Å². The molecule has 0 N–H and O–H groups in total. The quantitative estimate of drug-likeness (QED) is 0.787. The first-order valence-corrected chi connectivity index (χ1v) is 8.51. The van der Waals surface area contributed by atoms with Crippen molar-refractivity contribution in [1.82, 2.24) is 0 Å². The van der Waals surface area contributed by atoms with Crippen molar-refractivity contribution in [2.45, 2.75) is 17.7 Å². The van der Waals surface area contributed by atoms with Gasteiger partial charge in [0.25, 0.3) is 0 Å². The molecule has 0 aliphatic carbocycles. The SMILES string of the molecule is O=S(=O)(F)c1cc(N=S2(=O)CCCC2)ccc1F. The van der Waals surface area contributed by atoms with Crippen LogP contribution in [-0.4, -0.2) is 24.1 Å². The second-order valence-corrected chi connectivity index (χ2v) is 7.89. The third kappa shape index (κ3) is 2.86. The Morgan fingerprint density at radius 3 is 2.39 bits per heavy atom. The van der Waals surface area contributed by atoms with E-state index >= 15 is 0 Å². The highest BCUT2D eigenvalue weighted by atomic mass is 32.3. The maximum absolute atomic E-state index is 13.1. The molecule has 100 valence electrons. The molecule has 0 unspecified atom stereocenters. The summed E-state index contributed by atoms with van der Waals surface area (Å²) < 4.78 is 63.4. The lowest BCUT2D eigenvalue weighted by Crippen LogP contribution is -2.00. The van der Waals surface area contributed by atoms with Crippen molar-refractivity contribution in [2.75, 3.05) is 11.5 Å². The fourth-order valence-electron chi connectivity index (χ4n) is 1.78. The highest BCUT2D eigenvalue weighted by molar-refractivity contribution is 7.93. The molecule has 0 aromatic heterocycles. The first-order valence-electron chi connectivity index (χ1n) is 5.27. The van der Waals surface area contributed by atoms with Crippen LogP contribution in [0.15, 0.2) is 27.5 Å². The summed E-state index contributed by atoms with van der Waals surface area (Å²) in [5.41, 5.74) is 0.0273. The van der Waals surface area contributed by atoms with E-state index in [0.717, 1.165) is 25.0 Å². The van der Waals surface area contributed by atoms with Crippen LogP contribution < -0.4 is 0 Å². The molecule has 0 saturated carbocycles. The second kappa shape index (κ2) is 4.58. The number of nitrogens with zero attached hydrogens (tertiary/aromatic N) is 1. The zero-order valence-electron chi connectivity index (χ0n) is 9.30. The summed E-state index contributed by atoms with van der Waals surface area (Å²) in [5.74, 6) is -0.317. The summed E-state index contributed by atoms with van der Waals surface area (Å²) in [6.45, 7) is 0. The zero-order valence-corrected chi connectivity index (χ0v) is 10.9. The molecule has 1 fully saturated rings. The summed E-state index contributed by atoms with van der Waals surface area (Å²) in [6.07, 6.45) is 1.58. The highest BCUT2D eigenvalue weighted by Crippen LogP contribution is 2.26. The van der Waals surface area contributed by atoms with Crippen LogP contribution in [0, 0.1) is 5.82 Å². The minimum atomic E-state index is -5.14. The van der Waals surface area contributed by atoms with Gasteiger partial charge in [0.2, 0.25) is 0 Å². The van der Waals surface area contributed by atoms with Crippen molar-refractivity contribution in [3.05, 3.63) is 24.0 Å². The van der Waals surface area contributed by atoms with E-state index in [9.17, 15) is 20.9 Å². The normalized spacial score (nSPS) is 18.8. The van der Waals surface area contributed by atoms with E-state index in [1.807, 2.05) is 0 Å². The second-order valence-electron chi connectivity index (χ2n) is 4.03.